The number of amides is 2. The molecule has 2 amide bonds. The highest BCUT2D eigenvalue weighted by Crippen LogP contribution is 2.50. The van der Waals surface area contributed by atoms with Crippen LogP contribution in [0.4, 0.5) is 23.0 Å². The molecule has 0 radical (unpaired) electrons. The zero-order valence-corrected chi connectivity index (χ0v) is 20.6. The average Bonchev–Trinajstić information content (AvgIpc) is 3.81. The van der Waals surface area contributed by atoms with Crippen LogP contribution < -0.4 is 25.6 Å². The van der Waals surface area contributed by atoms with E-state index in [9.17, 15) is 9.59 Å². The highest BCUT2D eigenvalue weighted by Gasteiger charge is 2.37. The Morgan fingerprint density at radius 3 is 2.70 bits per heavy atom. The maximum Gasteiger partial charge on any atom is 0.273 e. The van der Waals surface area contributed by atoms with E-state index in [1.807, 2.05) is 24.2 Å². The molecular formula is C24H28N10O3. The molecule has 2 aliphatic carbocycles. The molecule has 2 fully saturated rings. The van der Waals surface area contributed by atoms with E-state index in [1.165, 1.54) is 10.9 Å². The second-order valence-electron chi connectivity index (χ2n) is 9.56. The Kier molecular flexibility index (Phi) is 4.65. The van der Waals surface area contributed by atoms with Crippen LogP contribution in [0, 0.1) is 5.92 Å². The van der Waals surface area contributed by atoms with Gasteiger partial charge in [0, 0.05) is 37.2 Å². The summed E-state index contributed by atoms with van der Waals surface area (Å²) < 4.78 is 28.5. The Hall–Kier alpha value is -4.29. The molecule has 2 saturated carbocycles. The standard InChI is InChI=1S/C24H28N10O3/c1-11-18-20(32-34(4)31-18)17-15(37-13-7-8-13)10-26-22(21(17)33(11)3)27-14-9-16(28-23(35)12-5-6-12)29-30-19(14)24(36)25-2/h9-13H,5-8H2,1-4H3,(H,25,36)(H2,26,27,28,29,35)/t11-/m0/s1/i2D3. The minimum absolute atomic E-state index is 0.0826. The Labute approximate surface area is 217 Å². The van der Waals surface area contributed by atoms with Gasteiger partial charge in [0.05, 0.1) is 35.3 Å². The van der Waals surface area contributed by atoms with Crippen LogP contribution >= 0.6 is 0 Å². The Morgan fingerprint density at radius 1 is 1.16 bits per heavy atom. The number of nitrogens with one attached hydrogen (secondary N) is 3. The molecule has 0 aromatic carbocycles. The average molecular weight is 508 g/mol. The van der Waals surface area contributed by atoms with Crippen molar-refractivity contribution in [3.05, 3.63) is 23.7 Å². The van der Waals surface area contributed by atoms with Crippen molar-refractivity contribution in [3.63, 3.8) is 0 Å². The molecule has 192 valence electrons. The number of aromatic nitrogens is 6. The Balaban J connectivity index is 1.45. The lowest BCUT2D eigenvalue weighted by Gasteiger charge is -2.34. The largest absolute Gasteiger partial charge is 0.488 e. The molecule has 3 aromatic heterocycles. The molecule has 3 aliphatic rings. The number of aryl methyl sites for hydroxylation is 1. The van der Waals surface area contributed by atoms with Gasteiger partial charge in [0.25, 0.3) is 5.91 Å². The van der Waals surface area contributed by atoms with E-state index >= 15 is 0 Å². The van der Waals surface area contributed by atoms with Crippen molar-refractivity contribution >= 4 is 34.8 Å². The number of carbonyl (C=O) groups excluding carboxylic acids is 2. The van der Waals surface area contributed by atoms with Crippen LogP contribution in [0.5, 0.6) is 5.75 Å². The third-order valence-corrected chi connectivity index (χ3v) is 6.72. The van der Waals surface area contributed by atoms with E-state index in [2.05, 4.69) is 36.0 Å². The summed E-state index contributed by atoms with van der Waals surface area (Å²) in [6, 6.07) is 1.27. The number of carbonyl (C=O) groups is 2. The Morgan fingerprint density at radius 2 is 1.97 bits per heavy atom. The van der Waals surface area contributed by atoms with Crippen molar-refractivity contribution in [2.24, 2.45) is 13.0 Å². The van der Waals surface area contributed by atoms with Gasteiger partial charge in [-0.15, -0.1) is 10.2 Å². The second kappa shape index (κ2) is 8.68. The lowest BCUT2D eigenvalue weighted by atomic mass is 9.97. The minimum atomic E-state index is -2.74. The number of anilines is 4. The van der Waals surface area contributed by atoms with Crippen molar-refractivity contribution < 1.29 is 18.4 Å². The molecule has 13 nitrogen and oxygen atoms in total. The molecule has 0 bridgehead atoms. The molecule has 3 N–H and O–H groups in total. The molecule has 4 heterocycles. The summed E-state index contributed by atoms with van der Waals surface area (Å²) >= 11 is 0. The van der Waals surface area contributed by atoms with Gasteiger partial charge in [0.15, 0.2) is 17.3 Å². The van der Waals surface area contributed by atoms with Crippen LogP contribution in [0.2, 0.25) is 0 Å². The van der Waals surface area contributed by atoms with Crippen molar-refractivity contribution in [2.45, 2.75) is 44.8 Å². The number of ether oxygens (including phenoxy) is 1. The fraction of sp³-hybridized carbons (Fsp3) is 0.458. The summed E-state index contributed by atoms with van der Waals surface area (Å²) in [6.07, 6.45) is 5.19. The van der Waals surface area contributed by atoms with Crippen molar-refractivity contribution in [2.75, 3.05) is 29.6 Å². The van der Waals surface area contributed by atoms with Crippen LogP contribution in [-0.2, 0) is 11.8 Å². The van der Waals surface area contributed by atoms with Gasteiger partial charge in [-0.05, 0) is 32.6 Å². The first-order valence-corrected chi connectivity index (χ1v) is 12.1. The molecule has 3 aromatic rings. The molecule has 37 heavy (non-hydrogen) atoms. The minimum Gasteiger partial charge on any atom is -0.488 e. The van der Waals surface area contributed by atoms with Gasteiger partial charge in [0.1, 0.15) is 17.1 Å². The number of nitrogens with zero attached hydrogens (tertiary/aromatic N) is 7. The van der Waals surface area contributed by atoms with Gasteiger partial charge in [-0.25, -0.2) is 4.98 Å². The Bertz CT molecular complexity index is 1520. The quantitative estimate of drug-likeness (QED) is 0.434. The zero-order valence-electron chi connectivity index (χ0n) is 23.6. The van der Waals surface area contributed by atoms with E-state index in [1.54, 1.807) is 13.2 Å². The molecular weight excluding hydrogens is 476 g/mol. The fourth-order valence-electron chi connectivity index (χ4n) is 4.34. The maximum atomic E-state index is 12.9. The van der Waals surface area contributed by atoms with E-state index in [0.29, 0.717) is 28.5 Å². The van der Waals surface area contributed by atoms with E-state index in [4.69, 9.17) is 8.85 Å². The molecule has 0 unspecified atom stereocenters. The SMILES string of the molecule is [2H]C([2H])([2H])NC(=O)c1nnc(NC(=O)C2CC2)cc1Nc1ncc(OC2CC2)c2c1N(C)[C@@H](C)c1nn(C)nc1-2. The molecule has 6 rings (SSSR count). The highest BCUT2D eigenvalue weighted by molar-refractivity contribution is 6.01. The number of fused-ring (bicyclic) bond motifs is 3. The van der Waals surface area contributed by atoms with Crippen LogP contribution in [0.3, 0.4) is 0 Å². The number of hydrogen-bond donors (Lipinski definition) is 3. The van der Waals surface area contributed by atoms with E-state index in [-0.39, 0.29) is 41.2 Å². The van der Waals surface area contributed by atoms with E-state index in [0.717, 1.165) is 31.4 Å². The van der Waals surface area contributed by atoms with Gasteiger partial charge in [-0.1, -0.05) is 0 Å². The smallest absolute Gasteiger partial charge is 0.273 e. The van der Waals surface area contributed by atoms with Crippen molar-refractivity contribution in [1.82, 2.24) is 35.5 Å². The summed E-state index contributed by atoms with van der Waals surface area (Å²) in [5.41, 5.74) is 2.63. The zero-order chi connectivity index (χ0) is 28.3. The third kappa shape index (κ3) is 4.19. The predicted octanol–water partition coefficient (Wildman–Crippen LogP) is 2.17. The highest BCUT2D eigenvalue weighted by atomic mass is 16.5. The van der Waals surface area contributed by atoms with Crippen LogP contribution in [0.15, 0.2) is 12.3 Å². The van der Waals surface area contributed by atoms with E-state index < -0.39 is 12.9 Å². The van der Waals surface area contributed by atoms with Crippen molar-refractivity contribution in [1.29, 1.82) is 0 Å². The maximum absolute atomic E-state index is 12.9. The lowest BCUT2D eigenvalue weighted by molar-refractivity contribution is -0.117. The van der Waals surface area contributed by atoms with Gasteiger partial charge in [0.2, 0.25) is 5.91 Å². The first-order chi connectivity index (χ1) is 19.0. The van der Waals surface area contributed by atoms with Crippen LogP contribution in [0.1, 0.15) is 58.9 Å². The molecule has 1 atom stereocenters. The summed E-state index contributed by atoms with van der Waals surface area (Å²) in [7, 11) is 3.64. The monoisotopic (exact) mass is 507 g/mol. The summed E-state index contributed by atoms with van der Waals surface area (Å²) in [5.74, 6) is -0.212. The topological polar surface area (TPSA) is 152 Å². The van der Waals surface area contributed by atoms with Crippen LogP contribution in [0.25, 0.3) is 11.3 Å². The fourth-order valence-corrected chi connectivity index (χ4v) is 4.34. The van der Waals surface area contributed by atoms with Gasteiger partial charge in [-0.2, -0.15) is 15.0 Å². The molecule has 0 saturated heterocycles. The van der Waals surface area contributed by atoms with Gasteiger partial charge in [-0.3, -0.25) is 9.59 Å². The molecule has 13 heteroatoms. The number of hydrogen-bond acceptors (Lipinski definition) is 10. The molecule has 0 spiro atoms. The first-order valence-electron chi connectivity index (χ1n) is 13.6. The third-order valence-electron chi connectivity index (χ3n) is 6.72. The number of rotatable bonds is 7. The van der Waals surface area contributed by atoms with Gasteiger partial charge >= 0.3 is 0 Å². The predicted molar refractivity (Wildman–Crippen MR) is 135 cm³/mol. The summed E-state index contributed by atoms with van der Waals surface area (Å²) in [5, 5.41) is 24.9. The summed E-state index contributed by atoms with van der Waals surface area (Å²) in [6.45, 7) is -0.754. The first kappa shape index (κ1) is 19.8. The van der Waals surface area contributed by atoms with Crippen LogP contribution in [-0.4, -0.2) is 62.1 Å². The second-order valence-corrected chi connectivity index (χ2v) is 9.56. The van der Waals surface area contributed by atoms with Gasteiger partial charge < -0.3 is 25.6 Å². The lowest BCUT2D eigenvalue weighted by Crippen LogP contribution is -2.28. The molecule has 1 aliphatic heterocycles. The normalized spacial score (nSPS) is 19.6. The summed E-state index contributed by atoms with van der Waals surface area (Å²) in [4.78, 5) is 33.4. The van der Waals surface area contributed by atoms with Crippen molar-refractivity contribution in [3.8, 4) is 17.0 Å². The number of pyridine rings is 1.